The van der Waals surface area contributed by atoms with Gasteiger partial charge in [-0.3, -0.25) is 9.69 Å². The lowest BCUT2D eigenvalue weighted by atomic mass is 10.1. The number of piperidine rings is 1. The highest BCUT2D eigenvalue weighted by Gasteiger charge is 2.13. The minimum absolute atomic E-state index is 0.137. The molecule has 0 aromatic heterocycles. The number of carbonyl (C=O) groups is 1. The SMILES string of the molecule is Cc1cccc(CNC(=O)CN2CCCCC2)c1. The number of hydrogen-bond acceptors (Lipinski definition) is 2. The highest BCUT2D eigenvalue weighted by Crippen LogP contribution is 2.08. The number of aryl methyl sites for hydroxylation is 1. The van der Waals surface area contributed by atoms with Gasteiger partial charge in [-0.05, 0) is 38.4 Å². The number of likely N-dealkylation sites (tertiary alicyclic amines) is 1. The van der Waals surface area contributed by atoms with Crippen molar-refractivity contribution in [3.63, 3.8) is 0 Å². The summed E-state index contributed by atoms with van der Waals surface area (Å²) in [7, 11) is 0. The number of nitrogens with one attached hydrogen (secondary N) is 1. The maximum absolute atomic E-state index is 11.8. The van der Waals surface area contributed by atoms with E-state index in [1.165, 1.54) is 30.4 Å². The Labute approximate surface area is 109 Å². The number of benzene rings is 1. The van der Waals surface area contributed by atoms with Crippen LogP contribution in [0.15, 0.2) is 24.3 Å². The van der Waals surface area contributed by atoms with Gasteiger partial charge in [0.2, 0.25) is 5.91 Å². The average molecular weight is 246 g/mol. The molecule has 0 saturated carbocycles. The molecule has 98 valence electrons. The van der Waals surface area contributed by atoms with Crippen LogP contribution in [0.2, 0.25) is 0 Å². The van der Waals surface area contributed by atoms with Crippen molar-refractivity contribution in [3.05, 3.63) is 35.4 Å². The first-order chi connectivity index (χ1) is 8.74. The molecule has 0 aliphatic carbocycles. The molecule has 1 aromatic rings. The van der Waals surface area contributed by atoms with Crippen LogP contribution in [0, 0.1) is 6.92 Å². The second kappa shape index (κ2) is 6.55. The van der Waals surface area contributed by atoms with Crippen LogP contribution in [0.1, 0.15) is 30.4 Å². The Hall–Kier alpha value is -1.35. The molecule has 0 bridgehead atoms. The van der Waals surface area contributed by atoms with Gasteiger partial charge in [0, 0.05) is 6.54 Å². The fourth-order valence-corrected chi connectivity index (χ4v) is 2.40. The van der Waals surface area contributed by atoms with Crippen molar-refractivity contribution in [3.8, 4) is 0 Å². The Bertz CT molecular complexity index is 397. The standard InChI is InChI=1S/C15H22N2O/c1-13-6-5-7-14(10-13)11-16-15(18)12-17-8-3-2-4-9-17/h5-7,10H,2-4,8-9,11-12H2,1H3,(H,16,18). The van der Waals surface area contributed by atoms with Gasteiger partial charge >= 0.3 is 0 Å². The molecule has 0 atom stereocenters. The van der Waals surface area contributed by atoms with Crippen molar-refractivity contribution in [2.75, 3.05) is 19.6 Å². The molecule has 3 heteroatoms. The molecule has 1 N–H and O–H groups in total. The lowest BCUT2D eigenvalue weighted by molar-refractivity contribution is -0.122. The molecule has 0 spiro atoms. The number of nitrogens with zero attached hydrogens (tertiary/aromatic N) is 1. The van der Waals surface area contributed by atoms with Crippen LogP contribution < -0.4 is 5.32 Å². The van der Waals surface area contributed by atoms with Crippen molar-refractivity contribution in [1.29, 1.82) is 0 Å². The predicted molar refractivity (Wildman–Crippen MR) is 73.3 cm³/mol. The Morgan fingerprint density at radius 1 is 1.28 bits per heavy atom. The highest BCUT2D eigenvalue weighted by molar-refractivity contribution is 5.78. The summed E-state index contributed by atoms with van der Waals surface area (Å²) in [6.07, 6.45) is 3.76. The van der Waals surface area contributed by atoms with Crippen LogP contribution in [0.25, 0.3) is 0 Å². The van der Waals surface area contributed by atoms with Crippen LogP contribution in [0.4, 0.5) is 0 Å². The van der Waals surface area contributed by atoms with E-state index in [0.717, 1.165) is 13.1 Å². The summed E-state index contributed by atoms with van der Waals surface area (Å²) in [5, 5.41) is 2.99. The highest BCUT2D eigenvalue weighted by atomic mass is 16.2. The van der Waals surface area contributed by atoms with Crippen LogP contribution in [-0.4, -0.2) is 30.4 Å². The topological polar surface area (TPSA) is 32.3 Å². The molecule has 1 amide bonds. The summed E-state index contributed by atoms with van der Waals surface area (Å²) in [5.74, 6) is 0.137. The zero-order chi connectivity index (χ0) is 12.8. The minimum atomic E-state index is 0.137. The Morgan fingerprint density at radius 2 is 2.06 bits per heavy atom. The van der Waals surface area contributed by atoms with E-state index in [0.29, 0.717) is 13.1 Å². The van der Waals surface area contributed by atoms with E-state index in [1.807, 2.05) is 12.1 Å². The van der Waals surface area contributed by atoms with Gasteiger partial charge in [-0.15, -0.1) is 0 Å². The zero-order valence-electron chi connectivity index (χ0n) is 11.1. The Balaban J connectivity index is 1.74. The van der Waals surface area contributed by atoms with E-state index >= 15 is 0 Å². The van der Waals surface area contributed by atoms with Gasteiger partial charge in [-0.25, -0.2) is 0 Å². The molecular formula is C15H22N2O. The van der Waals surface area contributed by atoms with Crippen molar-refractivity contribution < 1.29 is 4.79 Å². The summed E-state index contributed by atoms with van der Waals surface area (Å²) in [5.41, 5.74) is 2.40. The maximum atomic E-state index is 11.8. The predicted octanol–water partition coefficient (Wildman–Crippen LogP) is 2.10. The molecule has 1 aliphatic rings. The number of hydrogen-bond donors (Lipinski definition) is 1. The first kappa shape index (κ1) is 13.1. The largest absolute Gasteiger partial charge is 0.351 e. The molecule has 2 rings (SSSR count). The first-order valence-electron chi connectivity index (χ1n) is 6.78. The van der Waals surface area contributed by atoms with Gasteiger partial charge in [0.15, 0.2) is 0 Å². The Morgan fingerprint density at radius 3 is 2.78 bits per heavy atom. The van der Waals surface area contributed by atoms with E-state index in [2.05, 4.69) is 29.3 Å². The van der Waals surface area contributed by atoms with Gasteiger partial charge in [0.1, 0.15) is 0 Å². The third-order valence-electron chi connectivity index (χ3n) is 3.39. The molecule has 0 unspecified atom stereocenters. The van der Waals surface area contributed by atoms with Crippen LogP contribution in [0.5, 0.6) is 0 Å². The van der Waals surface area contributed by atoms with Crippen molar-refractivity contribution in [2.45, 2.75) is 32.7 Å². The molecule has 1 aromatic carbocycles. The van der Waals surface area contributed by atoms with E-state index in [-0.39, 0.29) is 5.91 Å². The quantitative estimate of drug-likeness (QED) is 0.882. The normalized spacial score (nSPS) is 16.5. The maximum Gasteiger partial charge on any atom is 0.234 e. The third kappa shape index (κ3) is 4.15. The summed E-state index contributed by atoms with van der Waals surface area (Å²) in [4.78, 5) is 14.1. The van der Waals surface area contributed by atoms with E-state index < -0.39 is 0 Å². The van der Waals surface area contributed by atoms with Crippen molar-refractivity contribution in [2.24, 2.45) is 0 Å². The zero-order valence-corrected chi connectivity index (χ0v) is 11.1. The molecule has 3 nitrogen and oxygen atoms in total. The third-order valence-corrected chi connectivity index (χ3v) is 3.39. The van der Waals surface area contributed by atoms with Crippen molar-refractivity contribution in [1.82, 2.24) is 10.2 Å². The molecule has 1 aliphatic heterocycles. The molecular weight excluding hydrogens is 224 g/mol. The number of amides is 1. The molecule has 1 heterocycles. The lowest BCUT2D eigenvalue weighted by Crippen LogP contribution is -2.39. The number of carbonyl (C=O) groups excluding carboxylic acids is 1. The van der Waals surface area contributed by atoms with Crippen LogP contribution in [0.3, 0.4) is 0 Å². The molecule has 18 heavy (non-hydrogen) atoms. The fraction of sp³-hybridized carbons (Fsp3) is 0.533. The summed E-state index contributed by atoms with van der Waals surface area (Å²) in [6.45, 7) is 5.38. The summed E-state index contributed by atoms with van der Waals surface area (Å²) in [6, 6.07) is 8.26. The molecule has 1 saturated heterocycles. The van der Waals surface area contributed by atoms with Crippen LogP contribution in [-0.2, 0) is 11.3 Å². The van der Waals surface area contributed by atoms with Crippen molar-refractivity contribution >= 4 is 5.91 Å². The van der Waals surface area contributed by atoms with Crippen LogP contribution >= 0.6 is 0 Å². The fourth-order valence-electron chi connectivity index (χ4n) is 2.40. The van der Waals surface area contributed by atoms with Gasteiger partial charge in [-0.2, -0.15) is 0 Å². The average Bonchev–Trinajstić information content (AvgIpc) is 2.38. The van der Waals surface area contributed by atoms with Gasteiger partial charge < -0.3 is 5.32 Å². The second-order valence-corrected chi connectivity index (χ2v) is 5.10. The van der Waals surface area contributed by atoms with Gasteiger partial charge in [0.25, 0.3) is 0 Å². The van der Waals surface area contributed by atoms with E-state index in [1.54, 1.807) is 0 Å². The minimum Gasteiger partial charge on any atom is -0.351 e. The second-order valence-electron chi connectivity index (χ2n) is 5.10. The van der Waals surface area contributed by atoms with Gasteiger partial charge in [0.05, 0.1) is 6.54 Å². The number of rotatable bonds is 4. The Kier molecular flexibility index (Phi) is 4.76. The summed E-state index contributed by atoms with van der Waals surface area (Å²) < 4.78 is 0. The van der Waals surface area contributed by atoms with E-state index in [9.17, 15) is 4.79 Å². The smallest absolute Gasteiger partial charge is 0.234 e. The lowest BCUT2D eigenvalue weighted by Gasteiger charge is -2.25. The first-order valence-corrected chi connectivity index (χ1v) is 6.78. The van der Waals surface area contributed by atoms with E-state index in [4.69, 9.17) is 0 Å². The molecule has 1 fully saturated rings. The van der Waals surface area contributed by atoms with Gasteiger partial charge in [-0.1, -0.05) is 36.2 Å². The monoisotopic (exact) mass is 246 g/mol. The summed E-state index contributed by atoms with van der Waals surface area (Å²) >= 11 is 0. The molecule has 0 radical (unpaired) electrons.